The summed E-state index contributed by atoms with van der Waals surface area (Å²) in [5, 5.41) is 9.16. The average molecular weight is 461 g/mol. The average Bonchev–Trinajstić information content (AvgIpc) is 2.96. The van der Waals surface area contributed by atoms with E-state index in [0.717, 1.165) is 24.3 Å². The fourth-order valence-corrected chi connectivity index (χ4v) is 3.73. The summed E-state index contributed by atoms with van der Waals surface area (Å²) in [6.45, 7) is 4.48. The topological polar surface area (TPSA) is 144 Å². The van der Waals surface area contributed by atoms with Crippen molar-refractivity contribution in [3.05, 3.63) is 59.2 Å². The quantitative estimate of drug-likeness (QED) is 0.372. The number of hydrogen-bond donors (Lipinski definition) is 1. The van der Waals surface area contributed by atoms with Gasteiger partial charge in [-0.2, -0.15) is 8.42 Å². The summed E-state index contributed by atoms with van der Waals surface area (Å²) in [6, 6.07) is 8.93. The van der Waals surface area contributed by atoms with E-state index in [-0.39, 0.29) is 21.9 Å². The number of carboxylic acid groups (broad SMARTS) is 1. The molecule has 1 heterocycles. The Morgan fingerprint density at radius 2 is 1.53 bits per heavy atom. The summed E-state index contributed by atoms with van der Waals surface area (Å²) in [6.07, 6.45) is 0. The van der Waals surface area contributed by atoms with Gasteiger partial charge in [-0.15, -0.1) is 9.35 Å². The van der Waals surface area contributed by atoms with E-state index in [0.29, 0.717) is 5.56 Å². The van der Waals surface area contributed by atoms with Crippen LogP contribution >= 0.6 is 0 Å². The zero-order valence-corrected chi connectivity index (χ0v) is 18.1. The van der Waals surface area contributed by atoms with Gasteiger partial charge in [0.1, 0.15) is 5.75 Å². The fraction of sp³-hybridized carbons (Fsp3) is 0.238. The SMILES string of the molecule is Cc1ccc2c(c1)C(=O)N(OS(=O)(=O)c1ccc(OC(=O)C(C)C(C)C(=O)O)cc1)C2=O. The van der Waals surface area contributed by atoms with Crippen LogP contribution in [0.3, 0.4) is 0 Å². The molecule has 0 fully saturated rings. The minimum atomic E-state index is -4.56. The molecule has 0 aromatic heterocycles. The van der Waals surface area contributed by atoms with E-state index in [2.05, 4.69) is 0 Å². The third-order valence-corrected chi connectivity index (χ3v) is 6.21. The molecule has 1 aliphatic heterocycles. The number of hydrogen-bond acceptors (Lipinski definition) is 8. The molecule has 0 aliphatic carbocycles. The van der Waals surface area contributed by atoms with Crippen LogP contribution in [0.25, 0.3) is 0 Å². The van der Waals surface area contributed by atoms with Crippen LogP contribution < -0.4 is 4.74 Å². The molecule has 2 unspecified atom stereocenters. The molecule has 1 N–H and O–H groups in total. The molecule has 0 spiro atoms. The van der Waals surface area contributed by atoms with Gasteiger partial charge >= 0.3 is 22.1 Å². The molecule has 0 radical (unpaired) electrons. The first-order chi connectivity index (χ1) is 14.9. The molecule has 2 aromatic carbocycles. The van der Waals surface area contributed by atoms with E-state index in [4.69, 9.17) is 14.1 Å². The van der Waals surface area contributed by atoms with E-state index in [1.54, 1.807) is 13.0 Å². The molecule has 11 heteroatoms. The lowest BCUT2D eigenvalue weighted by Gasteiger charge is -2.15. The number of nitrogens with zero attached hydrogens (tertiary/aromatic N) is 1. The number of hydroxylamine groups is 2. The number of amides is 2. The van der Waals surface area contributed by atoms with Crippen molar-refractivity contribution in [1.29, 1.82) is 0 Å². The molecule has 0 saturated carbocycles. The predicted molar refractivity (Wildman–Crippen MR) is 108 cm³/mol. The number of ether oxygens (including phenoxy) is 1. The largest absolute Gasteiger partial charge is 0.481 e. The van der Waals surface area contributed by atoms with Crippen molar-refractivity contribution >= 4 is 33.9 Å². The number of rotatable bonds is 7. The van der Waals surface area contributed by atoms with Crippen molar-refractivity contribution < 1.29 is 41.7 Å². The lowest BCUT2D eigenvalue weighted by molar-refractivity contribution is -0.150. The van der Waals surface area contributed by atoms with E-state index in [1.807, 2.05) is 0 Å². The standard InChI is InChI=1S/C21H19NO9S/c1-11-4-9-16-17(10-11)19(24)22(18(16)23)31-32(28,29)15-7-5-14(6-8-15)30-21(27)13(3)12(2)20(25)26/h4-10,12-13H,1-3H3,(H,25,26). The number of carbonyl (C=O) groups excluding carboxylic acids is 3. The Labute approximate surface area is 183 Å². The molecule has 32 heavy (non-hydrogen) atoms. The molecule has 2 atom stereocenters. The second-order valence-corrected chi connectivity index (χ2v) is 8.82. The Kier molecular flexibility index (Phi) is 6.15. The molecule has 168 valence electrons. The molecule has 2 amide bonds. The van der Waals surface area contributed by atoms with Gasteiger partial charge in [0.15, 0.2) is 0 Å². The maximum atomic E-state index is 12.6. The van der Waals surface area contributed by atoms with Crippen LogP contribution in [0.15, 0.2) is 47.4 Å². The fourth-order valence-electron chi connectivity index (χ4n) is 2.84. The number of imide groups is 1. The maximum absolute atomic E-state index is 12.6. The van der Waals surface area contributed by atoms with E-state index >= 15 is 0 Å². The first-order valence-electron chi connectivity index (χ1n) is 9.41. The smallest absolute Gasteiger partial charge is 0.318 e. The summed E-state index contributed by atoms with van der Waals surface area (Å²) in [7, 11) is -4.56. The zero-order chi connectivity index (χ0) is 23.8. The van der Waals surface area contributed by atoms with Gasteiger partial charge in [0.2, 0.25) is 0 Å². The normalized spacial score (nSPS) is 15.3. The summed E-state index contributed by atoms with van der Waals surface area (Å²) >= 11 is 0. The minimum Gasteiger partial charge on any atom is -0.481 e. The van der Waals surface area contributed by atoms with Crippen LogP contribution in [-0.2, 0) is 24.0 Å². The molecular weight excluding hydrogens is 442 g/mol. The van der Waals surface area contributed by atoms with Gasteiger partial charge < -0.3 is 9.84 Å². The molecule has 2 aromatic rings. The molecule has 0 bridgehead atoms. The summed E-state index contributed by atoms with van der Waals surface area (Å²) in [5.41, 5.74) is 0.784. The van der Waals surface area contributed by atoms with Crippen molar-refractivity contribution in [2.24, 2.45) is 11.8 Å². The van der Waals surface area contributed by atoms with Crippen LogP contribution in [0, 0.1) is 18.8 Å². The van der Waals surface area contributed by atoms with E-state index in [1.165, 1.54) is 26.0 Å². The third kappa shape index (κ3) is 4.39. The van der Waals surface area contributed by atoms with Crippen molar-refractivity contribution in [2.45, 2.75) is 25.7 Å². The molecule has 3 rings (SSSR count). The number of aryl methyl sites for hydroxylation is 1. The highest BCUT2D eigenvalue weighted by Crippen LogP contribution is 2.27. The Hall–Kier alpha value is -3.57. The molecular formula is C21H19NO9S. The second-order valence-electron chi connectivity index (χ2n) is 7.29. The van der Waals surface area contributed by atoms with E-state index < -0.39 is 50.6 Å². The van der Waals surface area contributed by atoms with Crippen LogP contribution in [0.2, 0.25) is 0 Å². The van der Waals surface area contributed by atoms with Gasteiger partial charge in [0.25, 0.3) is 11.8 Å². The van der Waals surface area contributed by atoms with Gasteiger partial charge in [-0.05, 0) is 43.3 Å². The predicted octanol–water partition coefficient (Wildman–Crippen LogP) is 2.17. The van der Waals surface area contributed by atoms with Gasteiger partial charge in [-0.25, -0.2) is 0 Å². The number of aliphatic carboxylic acids is 1. The van der Waals surface area contributed by atoms with Crippen molar-refractivity contribution in [3.8, 4) is 5.75 Å². The number of carboxylic acids is 1. The van der Waals surface area contributed by atoms with Gasteiger partial charge in [-0.1, -0.05) is 25.5 Å². The number of esters is 1. The van der Waals surface area contributed by atoms with E-state index in [9.17, 15) is 27.6 Å². The summed E-state index contributed by atoms with van der Waals surface area (Å²) in [5.74, 6) is -5.68. The van der Waals surface area contributed by atoms with Gasteiger partial charge in [0.05, 0.1) is 27.9 Å². The van der Waals surface area contributed by atoms with Crippen molar-refractivity contribution in [2.75, 3.05) is 0 Å². The Morgan fingerprint density at radius 3 is 2.12 bits per heavy atom. The highest BCUT2D eigenvalue weighted by Gasteiger charge is 2.40. The molecule has 10 nitrogen and oxygen atoms in total. The van der Waals surface area contributed by atoms with Gasteiger partial charge in [-0.3, -0.25) is 19.2 Å². The van der Waals surface area contributed by atoms with Crippen molar-refractivity contribution in [1.82, 2.24) is 5.06 Å². The highest BCUT2D eigenvalue weighted by atomic mass is 32.2. The Bertz CT molecular complexity index is 1220. The molecule has 0 saturated heterocycles. The first-order valence-corrected chi connectivity index (χ1v) is 10.8. The number of carbonyl (C=O) groups is 4. The van der Waals surface area contributed by atoms with Gasteiger partial charge in [0, 0.05) is 0 Å². The summed E-state index contributed by atoms with van der Waals surface area (Å²) in [4.78, 5) is 47.5. The highest BCUT2D eigenvalue weighted by molar-refractivity contribution is 7.86. The van der Waals surface area contributed by atoms with Crippen LogP contribution in [0.1, 0.15) is 40.1 Å². The Balaban J connectivity index is 1.73. The Morgan fingerprint density at radius 1 is 0.938 bits per heavy atom. The third-order valence-electron chi connectivity index (χ3n) is 5.02. The maximum Gasteiger partial charge on any atom is 0.318 e. The summed E-state index contributed by atoms with van der Waals surface area (Å²) < 4.78 is 35.0. The number of fused-ring (bicyclic) bond motifs is 1. The second kappa shape index (κ2) is 8.52. The zero-order valence-electron chi connectivity index (χ0n) is 17.3. The van der Waals surface area contributed by atoms with Crippen LogP contribution in [0.4, 0.5) is 0 Å². The molecule has 1 aliphatic rings. The first kappa shape index (κ1) is 23.1. The van der Waals surface area contributed by atoms with Crippen molar-refractivity contribution in [3.63, 3.8) is 0 Å². The minimum absolute atomic E-state index is 0.0189. The van der Waals surface area contributed by atoms with Crippen LogP contribution in [0.5, 0.6) is 5.75 Å². The van der Waals surface area contributed by atoms with Crippen LogP contribution in [-0.4, -0.2) is 42.3 Å². The lowest BCUT2D eigenvalue weighted by atomic mass is 9.96. The lowest BCUT2D eigenvalue weighted by Crippen LogP contribution is -2.32. The monoisotopic (exact) mass is 461 g/mol. The number of benzene rings is 2.